The fraction of sp³-hybridized carbons (Fsp3) is 0.533. The first-order valence-corrected chi connectivity index (χ1v) is 14.4. The molecule has 3 aromatic rings. The van der Waals surface area contributed by atoms with Crippen LogP contribution in [-0.4, -0.2) is 58.3 Å². The number of anilines is 2. The van der Waals surface area contributed by atoms with Crippen LogP contribution in [0.5, 0.6) is 0 Å². The number of hydrogen-bond acceptors (Lipinski definition) is 6. The number of benzene rings is 1. The maximum Gasteiger partial charge on any atom is 0.160 e. The average Bonchev–Trinajstić information content (AvgIpc) is 3.33. The van der Waals surface area contributed by atoms with Gasteiger partial charge >= 0.3 is 0 Å². The lowest BCUT2D eigenvalue weighted by molar-refractivity contribution is 0.0558. The minimum atomic E-state index is -0.207. The van der Waals surface area contributed by atoms with Crippen LogP contribution < -0.4 is 15.5 Å². The molecule has 1 aliphatic carbocycles. The van der Waals surface area contributed by atoms with Crippen LogP contribution in [0.25, 0.3) is 11.3 Å². The van der Waals surface area contributed by atoms with Crippen molar-refractivity contribution >= 4 is 23.0 Å². The first-order valence-electron chi connectivity index (χ1n) is 14.4. The first-order chi connectivity index (χ1) is 18.5. The van der Waals surface area contributed by atoms with Crippen LogP contribution in [0.3, 0.4) is 0 Å². The topological polar surface area (TPSA) is 65.9 Å². The Hall–Kier alpha value is -3.13. The van der Waals surface area contributed by atoms with Gasteiger partial charge in [-0.05, 0) is 69.6 Å². The maximum absolute atomic E-state index is 14.4. The first kappa shape index (κ1) is 23.9. The van der Waals surface area contributed by atoms with E-state index in [1.54, 1.807) is 12.1 Å². The van der Waals surface area contributed by atoms with Gasteiger partial charge < -0.3 is 20.4 Å². The second-order valence-electron chi connectivity index (χ2n) is 11.8. The molecule has 2 atom stereocenters. The number of hydrogen-bond donors (Lipinski definition) is 1. The van der Waals surface area contributed by atoms with Crippen LogP contribution in [-0.2, 0) is 6.42 Å². The van der Waals surface area contributed by atoms with Crippen LogP contribution in [0.15, 0.2) is 36.9 Å². The van der Waals surface area contributed by atoms with E-state index in [9.17, 15) is 4.39 Å². The second kappa shape index (κ2) is 8.97. The Balaban J connectivity index is 1.33. The average molecular weight is 516 g/mol. The standard InChI is InChI=1S/C30H38FN7/c1-3-35-13-6-7-21-9-10-22(31)15-23(21)20(2)37-14-5-4-8-25(37)24-16-28-33-27(17-29(35)38(28)34-24)36-18-30(19-36)12-11-26(30)32/h9-10,15-17,25-26H,2-8,11-14,18-19,32H2,1H3. The molecule has 0 radical (unpaired) electrons. The molecular weight excluding hydrogens is 477 g/mol. The number of fused-ring (bicyclic) bond motifs is 4. The van der Waals surface area contributed by atoms with Gasteiger partial charge in [-0.1, -0.05) is 12.6 Å². The second-order valence-corrected chi connectivity index (χ2v) is 11.8. The third-order valence-corrected chi connectivity index (χ3v) is 9.64. The van der Waals surface area contributed by atoms with Crippen molar-refractivity contribution in [1.82, 2.24) is 19.5 Å². The van der Waals surface area contributed by atoms with Crippen molar-refractivity contribution in [3.05, 3.63) is 59.5 Å². The monoisotopic (exact) mass is 515 g/mol. The summed E-state index contributed by atoms with van der Waals surface area (Å²) in [5.74, 6) is 1.92. The summed E-state index contributed by atoms with van der Waals surface area (Å²) in [7, 11) is 0. The Morgan fingerprint density at radius 2 is 1.97 bits per heavy atom. The van der Waals surface area contributed by atoms with Gasteiger partial charge in [0.2, 0.25) is 0 Å². The van der Waals surface area contributed by atoms with Gasteiger partial charge in [0.15, 0.2) is 5.65 Å². The van der Waals surface area contributed by atoms with E-state index in [1.165, 1.54) is 12.0 Å². The van der Waals surface area contributed by atoms with Crippen molar-refractivity contribution in [3.8, 4) is 0 Å². The zero-order valence-corrected chi connectivity index (χ0v) is 22.4. The number of rotatable bonds is 2. The fourth-order valence-corrected chi connectivity index (χ4v) is 7.15. The molecule has 4 aliphatic rings. The maximum atomic E-state index is 14.4. The Morgan fingerprint density at radius 3 is 2.74 bits per heavy atom. The molecular formula is C30H38FN7. The molecule has 2 unspecified atom stereocenters. The molecule has 2 N–H and O–H groups in total. The van der Waals surface area contributed by atoms with Crippen molar-refractivity contribution in [3.63, 3.8) is 0 Å². The van der Waals surface area contributed by atoms with E-state index in [-0.39, 0.29) is 17.3 Å². The highest BCUT2D eigenvalue weighted by molar-refractivity contribution is 5.66. The summed E-state index contributed by atoms with van der Waals surface area (Å²) < 4.78 is 16.5. The van der Waals surface area contributed by atoms with Gasteiger partial charge in [-0.2, -0.15) is 9.61 Å². The number of aromatic nitrogens is 3. The molecule has 1 spiro atoms. The molecule has 2 bridgehead atoms. The molecule has 2 saturated heterocycles. The van der Waals surface area contributed by atoms with Gasteiger partial charge in [-0.25, -0.2) is 9.37 Å². The van der Waals surface area contributed by atoms with Crippen molar-refractivity contribution in [2.24, 2.45) is 11.1 Å². The third-order valence-electron chi connectivity index (χ3n) is 9.64. The quantitative estimate of drug-likeness (QED) is 0.531. The Bertz CT molecular complexity index is 1390. The Labute approximate surface area is 224 Å². The predicted octanol–water partition coefficient (Wildman–Crippen LogP) is 4.77. The van der Waals surface area contributed by atoms with E-state index < -0.39 is 0 Å². The molecule has 7 nitrogen and oxygen atoms in total. The highest BCUT2D eigenvalue weighted by Crippen LogP contribution is 2.49. The number of nitrogens with two attached hydrogens (primary N) is 1. The van der Waals surface area contributed by atoms with Crippen LogP contribution in [0.4, 0.5) is 16.0 Å². The normalized spacial score (nSPS) is 24.8. The molecule has 0 amide bonds. The summed E-state index contributed by atoms with van der Waals surface area (Å²) in [6.07, 6.45) is 7.44. The highest BCUT2D eigenvalue weighted by atomic mass is 19.1. The molecule has 5 heterocycles. The number of halogens is 1. The number of nitrogens with zero attached hydrogens (tertiary/aromatic N) is 6. The van der Waals surface area contributed by atoms with Gasteiger partial charge in [0.25, 0.3) is 0 Å². The van der Waals surface area contributed by atoms with Crippen LogP contribution >= 0.6 is 0 Å². The van der Waals surface area contributed by atoms with Gasteiger partial charge in [-0.3, -0.25) is 0 Å². The van der Waals surface area contributed by atoms with Gasteiger partial charge in [-0.15, -0.1) is 0 Å². The zero-order chi connectivity index (χ0) is 26.0. The lowest BCUT2D eigenvalue weighted by Crippen LogP contribution is -2.69. The number of aryl methyl sites for hydroxylation is 1. The lowest BCUT2D eigenvalue weighted by atomic mass is 9.60. The summed E-state index contributed by atoms with van der Waals surface area (Å²) in [6, 6.07) is 10.0. The minimum Gasteiger partial charge on any atom is -0.363 e. The molecule has 1 saturated carbocycles. The SMILES string of the molecule is C=C1c2cc(F)ccc2CCCN(CC)c2cc(N3CC4(CCC4N)C3)nc3cc(nn23)C2CCCCN12. The highest BCUT2D eigenvalue weighted by Gasteiger charge is 2.53. The van der Waals surface area contributed by atoms with Crippen LogP contribution in [0.1, 0.15) is 68.3 Å². The summed E-state index contributed by atoms with van der Waals surface area (Å²) in [4.78, 5) is 12.3. The van der Waals surface area contributed by atoms with Crippen molar-refractivity contribution in [2.75, 3.05) is 42.5 Å². The van der Waals surface area contributed by atoms with E-state index in [0.29, 0.717) is 6.04 Å². The fourth-order valence-electron chi connectivity index (χ4n) is 7.15. The number of piperidine rings is 1. The predicted molar refractivity (Wildman–Crippen MR) is 150 cm³/mol. The largest absolute Gasteiger partial charge is 0.363 e. The molecule has 3 aliphatic heterocycles. The summed E-state index contributed by atoms with van der Waals surface area (Å²) >= 11 is 0. The third kappa shape index (κ3) is 3.71. The molecule has 7 rings (SSSR count). The zero-order valence-electron chi connectivity index (χ0n) is 22.4. The van der Waals surface area contributed by atoms with Crippen molar-refractivity contribution < 1.29 is 4.39 Å². The molecule has 8 heteroatoms. The van der Waals surface area contributed by atoms with E-state index in [1.807, 2.05) is 10.6 Å². The van der Waals surface area contributed by atoms with E-state index in [0.717, 1.165) is 105 Å². The molecule has 3 fully saturated rings. The summed E-state index contributed by atoms with van der Waals surface area (Å²) in [6.45, 7) is 11.4. The van der Waals surface area contributed by atoms with Crippen LogP contribution in [0, 0.1) is 11.2 Å². The molecule has 38 heavy (non-hydrogen) atoms. The molecule has 1 aromatic carbocycles. The van der Waals surface area contributed by atoms with Crippen molar-refractivity contribution in [1.29, 1.82) is 0 Å². The van der Waals surface area contributed by atoms with Crippen LogP contribution in [0.2, 0.25) is 0 Å². The smallest absolute Gasteiger partial charge is 0.160 e. The van der Waals surface area contributed by atoms with E-state index in [4.69, 9.17) is 15.8 Å². The Kier molecular flexibility index (Phi) is 5.65. The van der Waals surface area contributed by atoms with Gasteiger partial charge in [0.1, 0.15) is 17.5 Å². The summed E-state index contributed by atoms with van der Waals surface area (Å²) in [5.41, 5.74) is 11.6. The Morgan fingerprint density at radius 1 is 1.11 bits per heavy atom. The summed E-state index contributed by atoms with van der Waals surface area (Å²) in [5, 5.41) is 5.18. The van der Waals surface area contributed by atoms with E-state index in [2.05, 4.69) is 40.3 Å². The molecule has 200 valence electrons. The van der Waals surface area contributed by atoms with Crippen molar-refractivity contribution in [2.45, 2.75) is 64.0 Å². The van der Waals surface area contributed by atoms with E-state index >= 15 is 0 Å². The van der Waals surface area contributed by atoms with Gasteiger partial charge in [0, 0.05) is 67.6 Å². The lowest BCUT2D eigenvalue weighted by Gasteiger charge is -2.60. The van der Waals surface area contributed by atoms with Gasteiger partial charge in [0.05, 0.1) is 11.7 Å². The minimum absolute atomic E-state index is 0.0986. The molecule has 2 aromatic heterocycles.